The van der Waals surface area contributed by atoms with Crippen LogP contribution in [-0.2, 0) is 4.79 Å². The number of hydrogen-bond acceptors (Lipinski definition) is 3. The second-order valence-corrected chi connectivity index (χ2v) is 5.37. The van der Waals surface area contributed by atoms with Gasteiger partial charge >= 0.3 is 0 Å². The van der Waals surface area contributed by atoms with Gasteiger partial charge in [-0.2, -0.15) is 5.26 Å². The van der Waals surface area contributed by atoms with Crippen LogP contribution in [-0.4, -0.2) is 18.0 Å². The van der Waals surface area contributed by atoms with Gasteiger partial charge in [0.2, 0.25) is 5.91 Å². The van der Waals surface area contributed by atoms with Crippen LogP contribution in [0.5, 0.6) is 0 Å². The molecule has 0 heterocycles. The summed E-state index contributed by atoms with van der Waals surface area (Å²) in [6.45, 7) is 4.09. The van der Waals surface area contributed by atoms with Gasteiger partial charge in [-0.05, 0) is 25.2 Å². The topological polar surface area (TPSA) is 78.9 Å². The zero-order chi connectivity index (χ0) is 12.8. The number of nitrogens with one attached hydrogen (secondary N) is 1. The number of hydrogen-bond donors (Lipinski definition) is 2. The van der Waals surface area contributed by atoms with Gasteiger partial charge in [-0.1, -0.05) is 26.7 Å². The highest BCUT2D eigenvalue weighted by molar-refractivity contribution is 5.80. The lowest BCUT2D eigenvalue weighted by Crippen LogP contribution is -2.46. The molecule has 3 atom stereocenters. The Morgan fingerprint density at radius 1 is 1.47 bits per heavy atom. The highest BCUT2D eigenvalue weighted by atomic mass is 16.2. The van der Waals surface area contributed by atoms with Crippen molar-refractivity contribution >= 4 is 5.91 Å². The summed E-state index contributed by atoms with van der Waals surface area (Å²) in [7, 11) is 0. The van der Waals surface area contributed by atoms with Crippen molar-refractivity contribution in [1.82, 2.24) is 5.32 Å². The maximum atomic E-state index is 12.0. The van der Waals surface area contributed by atoms with Crippen molar-refractivity contribution in [3.05, 3.63) is 0 Å². The maximum absolute atomic E-state index is 12.0. The minimum absolute atomic E-state index is 0.0376. The quantitative estimate of drug-likeness (QED) is 0.778. The van der Waals surface area contributed by atoms with Crippen molar-refractivity contribution in [3.63, 3.8) is 0 Å². The largest absolute Gasteiger partial charge is 0.340 e. The van der Waals surface area contributed by atoms with Gasteiger partial charge in [0.15, 0.2) is 0 Å². The zero-order valence-electron chi connectivity index (χ0n) is 10.8. The van der Waals surface area contributed by atoms with E-state index in [-0.39, 0.29) is 23.9 Å². The van der Waals surface area contributed by atoms with Crippen molar-refractivity contribution in [2.75, 3.05) is 0 Å². The van der Waals surface area contributed by atoms with E-state index in [2.05, 4.69) is 11.4 Å². The van der Waals surface area contributed by atoms with Crippen molar-refractivity contribution < 1.29 is 4.79 Å². The van der Waals surface area contributed by atoms with Crippen molar-refractivity contribution in [3.8, 4) is 6.07 Å². The second kappa shape index (κ2) is 6.61. The van der Waals surface area contributed by atoms with E-state index < -0.39 is 0 Å². The molecule has 0 aromatic heterocycles. The molecule has 96 valence electrons. The van der Waals surface area contributed by atoms with E-state index in [1.807, 2.05) is 13.8 Å². The fourth-order valence-corrected chi connectivity index (χ4v) is 2.38. The van der Waals surface area contributed by atoms with E-state index in [1.165, 1.54) is 0 Å². The molecule has 0 radical (unpaired) electrons. The van der Waals surface area contributed by atoms with Crippen LogP contribution in [0.4, 0.5) is 0 Å². The SMILES string of the molecule is CC(C)C[C@@H](C#N)NC(=O)[C@@H]1CCCC[C@@H]1N. The van der Waals surface area contributed by atoms with Gasteiger partial charge in [0, 0.05) is 6.04 Å². The van der Waals surface area contributed by atoms with Gasteiger partial charge in [-0.25, -0.2) is 0 Å². The van der Waals surface area contributed by atoms with Gasteiger partial charge < -0.3 is 11.1 Å². The predicted molar refractivity (Wildman–Crippen MR) is 66.9 cm³/mol. The molecule has 0 bridgehead atoms. The first-order valence-corrected chi connectivity index (χ1v) is 6.50. The zero-order valence-corrected chi connectivity index (χ0v) is 10.8. The Bertz CT molecular complexity index is 296. The number of nitrogens with two attached hydrogens (primary N) is 1. The third kappa shape index (κ3) is 4.35. The summed E-state index contributed by atoms with van der Waals surface area (Å²) < 4.78 is 0. The van der Waals surface area contributed by atoms with E-state index in [9.17, 15) is 4.79 Å². The van der Waals surface area contributed by atoms with Crippen molar-refractivity contribution in [2.24, 2.45) is 17.6 Å². The number of nitrogens with zero attached hydrogens (tertiary/aromatic N) is 1. The van der Waals surface area contributed by atoms with Crippen molar-refractivity contribution in [1.29, 1.82) is 5.26 Å². The minimum atomic E-state index is -0.378. The molecule has 0 saturated heterocycles. The van der Waals surface area contributed by atoms with E-state index in [1.54, 1.807) is 0 Å². The molecule has 1 aliphatic carbocycles. The molecular formula is C13H23N3O. The van der Waals surface area contributed by atoms with E-state index in [0.29, 0.717) is 12.3 Å². The van der Waals surface area contributed by atoms with Crippen LogP contribution in [0, 0.1) is 23.2 Å². The molecule has 3 N–H and O–H groups in total. The second-order valence-electron chi connectivity index (χ2n) is 5.37. The molecular weight excluding hydrogens is 214 g/mol. The number of carbonyl (C=O) groups excluding carboxylic acids is 1. The van der Waals surface area contributed by atoms with Crippen LogP contribution < -0.4 is 11.1 Å². The summed E-state index contributed by atoms with van der Waals surface area (Å²) in [4.78, 5) is 12.0. The molecule has 1 rings (SSSR count). The van der Waals surface area contributed by atoms with Crippen LogP contribution in [0.3, 0.4) is 0 Å². The van der Waals surface area contributed by atoms with E-state index in [4.69, 9.17) is 11.0 Å². The smallest absolute Gasteiger partial charge is 0.225 e. The van der Waals surface area contributed by atoms with Gasteiger partial charge in [0.25, 0.3) is 0 Å². The molecule has 4 nitrogen and oxygen atoms in total. The molecule has 0 aromatic rings. The molecule has 1 saturated carbocycles. The van der Waals surface area contributed by atoms with Crippen LogP contribution >= 0.6 is 0 Å². The monoisotopic (exact) mass is 237 g/mol. The molecule has 17 heavy (non-hydrogen) atoms. The highest BCUT2D eigenvalue weighted by Crippen LogP contribution is 2.23. The van der Waals surface area contributed by atoms with Gasteiger partial charge in [-0.15, -0.1) is 0 Å². The summed E-state index contributed by atoms with van der Waals surface area (Å²) >= 11 is 0. The minimum Gasteiger partial charge on any atom is -0.340 e. The molecule has 0 aromatic carbocycles. The van der Waals surface area contributed by atoms with Crippen LogP contribution in [0.25, 0.3) is 0 Å². The Kier molecular flexibility index (Phi) is 5.43. The first-order chi connectivity index (χ1) is 8.04. The van der Waals surface area contributed by atoms with Crippen LogP contribution in [0.2, 0.25) is 0 Å². The molecule has 0 spiro atoms. The molecule has 1 fully saturated rings. The molecule has 4 heteroatoms. The fourth-order valence-electron chi connectivity index (χ4n) is 2.38. The average molecular weight is 237 g/mol. The lowest BCUT2D eigenvalue weighted by molar-refractivity contribution is -0.126. The van der Waals surface area contributed by atoms with Gasteiger partial charge in [0.1, 0.15) is 6.04 Å². The first kappa shape index (κ1) is 14.0. The molecule has 0 aliphatic heterocycles. The summed E-state index contributed by atoms with van der Waals surface area (Å²) in [6.07, 6.45) is 4.64. The Hall–Kier alpha value is -1.08. The molecule has 0 unspecified atom stereocenters. The van der Waals surface area contributed by atoms with Gasteiger partial charge in [0.05, 0.1) is 12.0 Å². The van der Waals surface area contributed by atoms with E-state index >= 15 is 0 Å². The third-order valence-electron chi connectivity index (χ3n) is 3.34. The number of amides is 1. The first-order valence-electron chi connectivity index (χ1n) is 6.50. The lowest BCUT2D eigenvalue weighted by atomic mass is 9.84. The van der Waals surface area contributed by atoms with Gasteiger partial charge in [-0.3, -0.25) is 4.79 Å². The third-order valence-corrected chi connectivity index (χ3v) is 3.34. The summed E-state index contributed by atoms with van der Waals surface area (Å²) in [6, 6.07) is 1.73. The van der Waals surface area contributed by atoms with Crippen molar-refractivity contribution in [2.45, 2.75) is 58.0 Å². The molecule has 1 aliphatic rings. The highest BCUT2D eigenvalue weighted by Gasteiger charge is 2.29. The fraction of sp³-hybridized carbons (Fsp3) is 0.846. The van der Waals surface area contributed by atoms with Crippen LogP contribution in [0.15, 0.2) is 0 Å². The summed E-state index contributed by atoms with van der Waals surface area (Å²) in [5.41, 5.74) is 5.95. The molecule has 1 amide bonds. The summed E-state index contributed by atoms with van der Waals surface area (Å²) in [5.74, 6) is 0.260. The standard InChI is InChI=1S/C13H23N3O/c1-9(2)7-10(8-14)16-13(17)11-5-3-4-6-12(11)15/h9-12H,3-7,15H2,1-2H3,(H,16,17)/t10-,11+,12-/m0/s1. The Balaban J connectivity index is 2.49. The number of carbonyl (C=O) groups is 1. The average Bonchev–Trinajstić information content (AvgIpc) is 2.27. The Labute approximate surface area is 104 Å². The van der Waals surface area contributed by atoms with E-state index in [0.717, 1.165) is 25.7 Å². The Morgan fingerprint density at radius 2 is 2.12 bits per heavy atom. The Morgan fingerprint density at radius 3 is 2.65 bits per heavy atom. The maximum Gasteiger partial charge on any atom is 0.225 e. The number of nitriles is 1. The van der Waals surface area contributed by atoms with Crippen LogP contribution in [0.1, 0.15) is 46.0 Å². The summed E-state index contributed by atoms with van der Waals surface area (Å²) in [5, 5.41) is 11.8. The number of rotatable bonds is 4. The normalized spacial score (nSPS) is 26.3. The predicted octanol–water partition coefficient (Wildman–Crippen LogP) is 1.56. The lowest BCUT2D eigenvalue weighted by Gasteiger charge is -2.28.